The molecule has 0 aliphatic carbocycles. The highest BCUT2D eigenvalue weighted by atomic mass is 32.2. The minimum Gasteiger partial charge on any atom is -0.339 e. The van der Waals surface area contributed by atoms with E-state index in [0.717, 1.165) is 27.4 Å². The molecule has 0 amide bonds. The molecule has 0 saturated heterocycles. The summed E-state index contributed by atoms with van der Waals surface area (Å²) in [5, 5.41) is 1.61. The van der Waals surface area contributed by atoms with Crippen molar-refractivity contribution in [3.05, 3.63) is 89.6 Å². The number of hydrogen-bond acceptors (Lipinski definition) is 5. The Kier molecular flexibility index (Phi) is 6.47. The largest absolute Gasteiger partial charge is 0.339 e. The fourth-order valence-corrected chi connectivity index (χ4v) is 5.62. The quantitative estimate of drug-likeness (QED) is 0.251. The highest BCUT2D eigenvalue weighted by Gasteiger charge is 2.23. The monoisotopic (exact) mass is 516 g/mol. The summed E-state index contributed by atoms with van der Waals surface area (Å²) in [6.45, 7) is 3.54. The lowest BCUT2D eigenvalue weighted by molar-refractivity contribution is 0.103. The molecule has 5 aromatic rings. The third-order valence-corrected chi connectivity index (χ3v) is 7.78. The molecule has 9 heteroatoms. The topological polar surface area (TPSA) is 105 Å². The second-order valence-electron chi connectivity index (χ2n) is 8.81. The minimum absolute atomic E-state index is 0.131. The Morgan fingerprint density at radius 2 is 1.78 bits per heavy atom. The summed E-state index contributed by atoms with van der Waals surface area (Å²) in [5.41, 5.74) is 3.77. The predicted molar refractivity (Wildman–Crippen MR) is 144 cm³/mol. The standard InChI is InChI=1S/C28H25FN4O3S/c1-3-13-37(35,36)33-24-8-5-17(4-2)25(26(24)29)27(34)19-6-7-23-21(14-19)22-15-20(16-31-28(22)32-23)18-9-11-30-12-10-18/h5-12,14-16,33H,3-4,13H2,1-2H3,(H,31,32). The zero-order valence-electron chi connectivity index (χ0n) is 20.4. The van der Waals surface area contributed by atoms with Crippen molar-refractivity contribution in [2.45, 2.75) is 26.7 Å². The first kappa shape index (κ1) is 24.6. The number of nitrogens with one attached hydrogen (secondary N) is 2. The number of aromatic amines is 1. The lowest BCUT2D eigenvalue weighted by atomic mass is 9.94. The van der Waals surface area contributed by atoms with Gasteiger partial charge in [0.25, 0.3) is 0 Å². The average Bonchev–Trinajstić information content (AvgIpc) is 3.27. The second kappa shape index (κ2) is 9.74. The lowest BCUT2D eigenvalue weighted by Gasteiger charge is -2.14. The molecular weight excluding hydrogens is 491 g/mol. The number of aryl methyl sites for hydroxylation is 1. The van der Waals surface area contributed by atoms with E-state index < -0.39 is 21.6 Å². The second-order valence-corrected chi connectivity index (χ2v) is 10.6. The first-order valence-corrected chi connectivity index (χ1v) is 13.6. The zero-order valence-corrected chi connectivity index (χ0v) is 21.2. The molecule has 0 unspecified atom stereocenters. The molecule has 3 aromatic heterocycles. The fraction of sp³-hybridized carbons (Fsp3) is 0.179. The molecule has 7 nitrogen and oxygen atoms in total. The molecule has 2 N–H and O–H groups in total. The van der Waals surface area contributed by atoms with Crippen molar-refractivity contribution in [2.24, 2.45) is 0 Å². The van der Waals surface area contributed by atoms with Crippen LogP contribution in [0.15, 0.2) is 67.1 Å². The molecule has 0 fully saturated rings. The van der Waals surface area contributed by atoms with Crippen LogP contribution in [0.1, 0.15) is 41.8 Å². The molecule has 5 rings (SSSR count). The minimum atomic E-state index is -3.72. The van der Waals surface area contributed by atoms with Crippen molar-refractivity contribution in [2.75, 3.05) is 10.5 Å². The van der Waals surface area contributed by atoms with Crippen molar-refractivity contribution < 1.29 is 17.6 Å². The van der Waals surface area contributed by atoms with Gasteiger partial charge in [0.1, 0.15) is 5.65 Å². The summed E-state index contributed by atoms with van der Waals surface area (Å²) >= 11 is 0. The van der Waals surface area contributed by atoms with Gasteiger partial charge in [-0.25, -0.2) is 17.8 Å². The van der Waals surface area contributed by atoms with Gasteiger partial charge in [0.15, 0.2) is 11.6 Å². The van der Waals surface area contributed by atoms with Crippen molar-refractivity contribution in [3.63, 3.8) is 0 Å². The first-order chi connectivity index (χ1) is 17.8. The molecule has 3 heterocycles. The van der Waals surface area contributed by atoms with E-state index in [1.165, 1.54) is 6.07 Å². The van der Waals surface area contributed by atoms with Crippen LogP contribution in [0.3, 0.4) is 0 Å². The molecule has 2 aromatic carbocycles. The molecule has 0 spiro atoms. The Morgan fingerprint density at radius 3 is 2.51 bits per heavy atom. The van der Waals surface area contributed by atoms with Gasteiger partial charge < -0.3 is 4.98 Å². The van der Waals surface area contributed by atoms with Crippen molar-refractivity contribution >= 4 is 43.4 Å². The van der Waals surface area contributed by atoms with Crippen LogP contribution in [0.2, 0.25) is 0 Å². The summed E-state index contributed by atoms with van der Waals surface area (Å²) < 4.78 is 42.4. The summed E-state index contributed by atoms with van der Waals surface area (Å²) in [6.07, 6.45) is 5.99. The van der Waals surface area contributed by atoms with E-state index in [2.05, 4.69) is 19.7 Å². The lowest BCUT2D eigenvalue weighted by Crippen LogP contribution is -2.18. The number of pyridine rings is 2. The van der Waals surface area contributed by atoms with Gasteiger partial charge in [-0.2, -0.15) is 0 Å². The van der Waals surface area contributed by atoms with Gasteiger partial charge in [-0.05, 0) is 66.4 Å². The smallest absolute Gasteiger partial charge is 0.232 e. The number of aromatic nitrogens is 3. The number of fused-ring (bicyclic) bond motifs is 3. The fourth-order valence-electron chi connectivity index (χ4n) is 4.48. The van der Waals surface area contributed by atoms with Gasteiger partial charge in [0.05, 0.1) is 17.0 Å². The normalized spacial score (nSPS) is 11.8. The van der Waals surface area contributed by atoms with E-state index in [9.17, 15) is 13.2 Å². The summed E-state index contributed by atoms with van der Waals surface area (Å²) in [7, 11) is -3.72. The van der Waals surface area contributed by atoms with Gasteiger partial charge >= 0.3 is 0 Å². The van der Waals surface area contributed by atoms with E-state index in [4.69, 9.17) is 0 Å². The van der Waals surface area contributed by atoms with Crippen LogP contribution in [0.25, 0.3) is 33.1 Å². The van der Waals surface area contributed by atoms with Crippen LogP contribution in [0, 0.1) is 5.82 Å². The number of carbonyl (C=O) groups is 1. The molecule has 188 valence electrons. The van der Waals surface area contributed by atoms with Crippen molar-refractivity contribution in [1.82, 2.24) is 15.0 Å². The molecule has 0 aliphatic heterocycles. The van der Waals surface area contributed by atoms with Gasteiger partial charge in [-0.1, -0.05) is 19.9 Å². The van der Waals surface area contributed by atoms with Crippen LogP contribution in [-0.2, 0) is 16.4 Å². The van der Waals surface area contributed by atoms with Crippen LogP contribution in [-0.4, -0.2) is 34.9 Å². The first-order valence-electron chi connectivity index (χ1n) is 12.0. The Bertz CT molecular complexity index is 1750. The van der Waals surface area contributed by atoms with Gasteiger partial charge in [-0.3, -0.25) is 14.5 Å². The van der Waals surface area contributed by atoms with Crippen molar-refractivity contribution in [3.8, 4) is 11.1 Å². The Labute approximate surface area is 213 Å². The van der Waals surface area contributed by atoms with E-state index in [1.807, 2.05) is 25.1 Å². The van der Waals surface area contributed by atoms with Gasteiger partial charge in [-0.15, -0.1) is 0 Å². The molecule has 0 atom stereocenters. The van der Waals surface area contributed by atoms with E-state index in [0.29, 0.717) is 29.6 Å². The Hall–Kier alpha value is -4.11. The molecular formula is C28H25FN4O3S. The number of anilines is 1. The van der Waals surface area contributed by atoms with Gasteiger partial charge in [0, 0.05) is 46.0 Å². The summed E-state index contributed by atoms with van der Waals surface area (Å²) in [5.74, 6) is -1.53. The molecule has 0 aliphatic rings. The van der Waals surface area contributed by atoms with E-state index >= 15 is 4.39 Å². The molecule has 0 saturated carbocycles. The van der Waals surface area contributed by atoms with E-state index in [1.54, 1.807) is 49.8 Å². The average molecular weight is 517 g/mol. The third kappa shape index (κ3) is 4.70. The summed E-state index contributed by atoms with van der Waals surface area (Å²) in [6, 6.07) is 13.9. The number of halogens is 1. The molecule has 37 heavy (non-hydrogen) atoms. The highest BCUT2D eigenvalue weighted by Crippen LogP contribution is 2.31. The number of sulfonamides is 1. The number of ketones is 1. The third-order valence-electron chi connectivity index (χ3n) is 6.30. The Morgan fingerprint density at radius 1 is 1.00 bits per heavy atom. The number of benzene rings is 2. The Balaban J connectivity index is 1.60. The SMILES string of the molecule is CCCS(=O)(=O)Nc1ccc(CC)c(C(=O)c2ccc3[nH]c4ncc(-c5ccncc5)cc4c3c2)c1F. The molecule has 0 radical (unpaired) electrons. The highest BCUT2D eigenvalue weighted by molar-refractivity contribution is 7.92. The maximum absolute atomic E-state index is 15.6. The number of carbonyl (C=O) groups excluding carboxylic acids is 1. The van der Waals surface area contributed by atoms with Crippen LogP contribution in [0.5, 0.6) is 0 Å². The number of rotatable bonds is 8. The predicted octanol–water partition coefficient (Wildman–Crippen LogP) is 5.86. The van der Waals surface area contributed by atoms with Crippen molar-refractivity contribution in [1.29, 1.82) is 0 Å². The summed E-state index contributed by atoms with van der Waals surface area (Å²) in [4.78, 5) is 25.5. The number of nitrogens with zero attached hydrogens (tertiary/aromatic N) is 2. The van der Waals surface area contributed by atoms with E-state index in [-0.39, 0.29) is 17.0 Å². The maximum Gasteiger partial charge on any atom is 0.232 e. The van der Waals surface area contributed by atoms with Crippen LogP contribution >= 0.6 is 0 Å². The van der Waals surface area contributed by atoms with Crippen LogP contribution < -0.4 is 4.72 Å². The maximum atomic E-state index is 15.6. The van der Waals surface area contributed by atoms with Crippen LogP contribution in [0.4, 0.5) is 10.1 Å². The zero-order chi connectivity index (χ0) is 26.2. The number of H-pyrrole nitrogens is 1. The van der Waals surface area contributed by atoms with Gasteiger partial charge in [0.2, 0.25) is 10.0 Å². The number of hydrogen-bond donors (Lipinski definition) is 2. The molecule has 0 bridgehead atoms.